The second-order valence-corrected chi connectivity index (χ2v) is 6.31. The second kappa shape index (κ2) is 6.76. The highest BCUT2D eigenvalue weighted by Gasteiger charge is 2.49. The molecule has 2 fully saturated rings. The number of hydrogen-bond donors (Lipinski definition) is 0. The Morgan fingerprint density at radius 2 is 2.21 bits per heavy atom. The Bertz CT molecular complexity index is 570. The molecule has 2 saturated heterocycles. The van der Waals surface area contributed by atoms with E-state index < -0.39 is 12.1 Å². The first-order valence-corrected chi connectivity index (χ1v) is 8.03. The third-order valence-corrected chi connectivity index (χ3v) is 4.82. The largest absolute Gasteiger partial charge is 0.573 e. The van der Waals surface area contributed by atoms with Crippen LogP contribution in [-0.2, 0) is 4.74 Å². The van der Waals surface area contributed by atoms with Crippen molar-refractivity contribution in [3.05, 3.63) is 18.3 Å². The van der Waals surface area contributed by atoms with E-state index in [2.05, 4.69) is 14.6 Å². The lowest BCUT2D eigenvalue weighted by molar-refractivity contribution is -0.275. The molecule has 24 heavy (non-hydrogen) atoms. The molecule has 0 radical (unpaired) electrons. The van der Waals surface area contributed by atoms with Crippen molar-refractivity contribution in [3.8, 4) is 11.6 Å². The maximum Gasteiger partial charge on any atom is 0.573 e. The standard InChI is InChI=1S/C16H21F3N2O3/c1-22-11-15-6-3-9-21(15)12(5-7-15)10-23-14-13(4-2-8-20-14)24-16(17,18)19/h2,4,8,12H,3,5-7,9-11H2,1H3/t12-,15-/m0/s1. The van der Waals surface area contributed by atoms with Crippen molar-refractivity contribution in [3.63, 3.8) is 0 Å². The van der Waals surface area contributed by atoms with Gasteiger partial charge in [0.2, 0.25) is 0 Å². The van der Waals surface area contributed by atoms with Gasteiger partial charge in [-0.1, -0.05) is 0 Å². The summed E-state index contributed by atoms with van der Waals surface area (Å²) in [6, 6.07) is 2.74. The molecule has 0 aromatic carbocycles. The first kappa shape index (κ1) is 17.3. The Hall–Kier alpha value is -1.54. The minimum Gasteiger partial charge on any atom is -0.473 e. The summed E-state index contributed by atoms with van der Waals surface area (Å²) in [6.45, 7) is 1.93. The normalized spacial score (nSPS) is 27.2. The quantitative estimate of drug-likeness (QED) is 0.792. The molecular weight excluding hydrogens is 325 g/mol. The van der Waals surface area contributed by atoms with Crippen molar-refractivity contribution in [1.82, 2.24) is 9.88 Å². The van der Waals surface area contributed by atoms with Gasteiger partial charge in [-0.25, -0.2) is 4.98 Å². The number of hydrogen-bond acceptors (Lipinski definition) is 5. The number of nitrogens with zero attached hydrogens (tertiary/aromatic N) is 2. The highest BCUT2D eigenvalue weighted by Crippen LogP contribution is 2.42. The monoisotopic (exact) mass is 346 g/mol. The molecule has 0 spiro atoms. The number of ether oxygens (including phenoxy) is 3. The lowest BCUT2D eigenvalue weighted by Crippen LogP contribution is -2.47. The minimum absolute atomic E-state index is 0.0538. The summed E-state index contributed by atoms with van der Waals surface area (Å²) >= 11 is 0. The highest BCUT2D eigenvalue weighted by molar-refractivity contribution is 5.32. The van der Waals surface area contributed by atoms with Crippen LogP contribution < -0.4 is 9.47 Å². The van der Waals surface area contributed by atoms with Crippen molar-refractivity contribution in [1.29, 1.82) is 0 Å². The van der Waals surface area contributed by atoms with Gasteiger partial charge in [-0.05, 0) is 44.4 Å². The van der Waals surface area contributed by atoms with Crippen LogP contribution in [0.3, 0.4) is 0 Å². The van der Waals surface area contributed by atoms with Gasteiger partial charge < -0.3 is 14.2 Å². The lowest BCUT2D eigenvalue weighted by atomic mass is 9.95. The van der Waals surface area contributed by atoms with Gasteiger partial charge in [0.15, 0.2) is 5.75 Å². The number of halogens is 3. The molecule has 0 bridgehead atoms. The molecule has 2 atom stereocenters. The number of aromatic nitrogens is 1. The maximum atomic E-state index is 12.4. The molecule has 1 aromatic heterocycles. The van der Waals surface area contributed by atoms with Crippen molar-refractivity contribution < 1.29 is 27.4 Å². The Kier molecular flexibility index (Phi) is 4.87. The molecule has 134 valence electrons. The first-order chi connectivity index (χ1) is 11.4. The van der Waals surface area contributed by atoms with Gasteiger partial charge in [0.05, 0.1) is 6.61 Å². The SMILES string of the molecule is COC[C@@]12CCCN1[C@H](COc1ncccc1OC(F)(F)F)CC2. The Balaban J connectivity index is 1.65. The number of rotatable bonds is 6. The van der Waals surface area contributed by atoms with Crippen molar-refractivity contribution >= 4 is 0 Å². The fourth-order valence-electron chi connectivity index (χ4n) is 3.92. The van der Waals surface area contributed by atoms with Gasteiger partial charge in [-0.2, -0.15) is 0 Å². The number of fused-ring (bicyclic) bond motifs is 1. The molecule has 2 aliphatic rings. The van der Waals surface area contributed by atoms with E-state index in [9.17, 15) is 13.2 Å². The molecule has 0 saturated carbocycles. The molecule has 0 aliphatic carbocycles. The fraction of sp³-hybridized carbons (Fsp3) is 0.688. The summed E-state index contributed by atoms with van der Waals surface area (Å²) in [6.07, 6.45) is 0.763. The van der Waals surface area contributed by atoms with E-state index in [1.807, 2.05) is 0 Å². The van der Waals surface area contributed by atoms with Gasteiger partial charge in [0.1, 0.15) is 6.61 Å². The summed E-state index contributed by atoms with van der Waals surface area (Å²) in [4.78, 5) is 6.25. The average Bonchev–Trinajstić information content (AvgIpc) is 3.04. The molecule has 5 nitrogen and oxygen atoms in total. The summed E-state index contributed by atoms with van der Waals surface area (Å²) in [5.41, 5.74) is 0.0538. The van der Waals surface area contributed by atoms with Crippen LogP contribution in [-0.4, -0.2) is 54.7 Å². The molecule has 2 aliphatic heterocycles. The summed E-state index contributed by atoms with van der Waals surface area (Å²) in [5, 5.41) is 0. The maximum absolute atomic E-state index is 12.4. The second-order valence-electron chi connectivity index (χ2n) is 6.31. The minimum atomic E-state index is -4.77. The van der Waals surface area contributed by atoms with Crippen molar-refractivity contribution in [2.45, 2.75) is 43.6 Å². The van der Waals surface area contributed by atoms with Gasteiger partial charge >= 0.3 is 6.36 Å². The zero-order valence-electron chi connectivity index (χ0n) is 13.5. The molecule has 0 N–H and O–H groups in total. The topological polar surface area (TPSA) is 43.8 Å². The van der Waals surface area contributed by atoms with Crippen LogP contribution in [0.15, 0.2) is 18.3 Å². The van der Waals surface area contributed by atoms with Crippen LogP contribution >= 0.6 is 0 Å². The Labute approximate surface area is 138 Å². The molecule has 3 heterocycles. The van der Waals surface area contributed by atoms with Gasteiger partial charge in [0.25, 0.3) is 5.88 Å². The zero-order chi connectivity index (χ0) is 17.2. The van der Waals surface area contributed by atoms with Crippen LogP contribution in [0.5, 0.6) is 11.6 Å². The van der Waals surface area contributed by atoms with Crippen LogP contribution in [0.4, 0.5) is 13.2 Å². The van der Waals surface area contributed by atoms with Gasteiger partial charge in [0, 0.05) is 24.9 Å². The van der Waals surface area contributed by atoms with Crippen LogP contribution in [0, 0.1) is 0 Å². The molecule has 1 aromatic rings. The van der Waals surface area contributed by atoms with Crippen LogP contribution in [0.25, 0.3) is 0 Å². The van der Waals surface area contributed by atoms with Crippen molar-refractivity contribution in [2.75, 3.05) is 26.9 Å². The first-order valence-electron chi connectivity index (χ1n) is 8.03. The Morgan fingerprint density at radius 1 is 1.38 bits per heavy atom. The molecule has 3 rings (SSSR count). The third-order valence-electron chi connectivity index (χ3n) is 4.82. The smallest absolute Gasteiger partial charge is 0.473 e. The van der Waals surface area contributed by atoms with E-state index in [1.54, 1.807) is 7.11 Å². The van der Waals surface area contributed by atoms with E-state index in [1.165, 1.54) is 18.3 Å². The van der Waals surface area contributed by atoms with E-state index in [0.717, 1.165) is 32.2 Å². The van der Waals surface area contributed by atoms with E-state index in [4.69, 9.17) is 9.47 Å². The number of alkyl halides is 3. The number of pyridine rings is 1. The molecule has 8 heteroatoms. The predicted octanol–water partition coefficient (Wildman–Crippen LogP) is 3.00. The van der Waals surface area contributed by atoms with E-state index in [0.29, 0.717) is 6.61 Å². The highest BCUT2D eigenvalue weighted by atomic mass is 19.4. The third kappa shape index (κ3) is 3.59. The van der Waals surface area contributed by atoms with Gasteiger partial charge in [-0.3, -0.25) is 4.90 Å². The van der Waals surface area contributed by atoms with Crippen LogP contribution in [0.2, 0.25) is 0 Å². The lowest BCUT2D eigenvalue weighted by Gasteiger charge is -2.34. The Morgan fingerprint density at radius 3 is 2.96 bits per heavy atom. The number of methoxy groups -OCH3 is 1. The van der Waals surface area contributed by atoms with Crippen LogP contribution in [0.1, 0.15) is 25.7 Å². The predicted molar refractivity (Wildman–Crippen MR) is 80.0 cm³/mol. The van der Waals surface area contributed by atoms with E-state index >= 15 is 0 Å². The summed E-state index contributed by atoms with van der Waals surface area (Å²) < 4.78 is 52.3. The average molecular weight is 346 g/mol. The van der Waals surface area contributed by atoms with Crippen molar-refractivity contribution in [2.24, 2.45) is 0 Å². The molecule has 0 amide bonds. The summed E-state index contributed by atoms with van der Waals surface area (Å²) in [5.74, 6) is -0.536. The zero-order valence-corrected chi connectivity index (χ0v) is 13.5. The summed E-state index contributed by atoms with van der Waals surface area (Å²) in [7, 11) is 1.70. The molecular formula is C16H21F3N2O3. The fourth-order valence-corrected chi connectivity index (χ4v) is 3.92. The van der Waals surface area contributed by atoms with E-state index in [-0.39, 0.29) is 24.1 Å². The molecule has 0 unspecified atom stereocenters. The van der Waals surface area contributed by atoms with Gasteiger partial charge in [-0.15, -0.1) is 13.2 Å².